The molecule has 106 valence electrons. The molecular formula is C14H12ClN5O. The van der Waals surface area contributed by atoms with Crippen LogP contribution in [0.1, 0.15) is 0 Å². The van der Waals surface area contributed by atoms with Crippen LogP contribution in [0.3, 0.4) is 0 Å². The van der Waals surface area contributed by atoms with E-state index in [0.29, 0.717) is 28.0 Å². The van der Waals surface area contributed by atoms with Crippen LogP contribution in [-0.2, 0) is 0 Å². The van der Waals surface area contributed by atoms with Crippen molar-refractivity contribution in [1.29, 1.82) is 0 Å². The second-order valence-corrected chi connectivity index (χ2v) is 4.79. The molecule has 0 saturated heterocycles. The van der Waals surface area contributed by atoms with Gasteiger partial charge in [-0.3, -0.25) is 0 Å². The first-order valence-corrected chi connectivity index (χ1v) is 6.55. The average Bonchev–Trinajstić information content (AvgIpc) is 2.96. The Kier molecular flexibility index (Phi) is 3.45. The fourth-order valence-corrected chi connectivity index (χ4v) is 2.20. The molecule has 2 aromatic carbocycles. The molecule has 3 aromatic rings. The first-order chi connectivity index (χ1) is 10.2. The van der Waals surface area contributed by atoms with Crippen LogP contribution in [0.25, 0.3) is 17.1 Å². The van der Waals surface area contributed by atoms with Crippen molar-refractivity contribution in [2.75, 3.05) is 12.8 Å². The van der Waals surface area contributed by atoms with E-state index in [9.17, 15) is 0 Å². The summed E-state index contributed by atoms with van der Waals surface area (Å²) in [6.07, 6.45) is 0. The summed E-state index contributed by atoms with van der Waals surface area (Å²) in [5.74, 6) is 1.18. The van der Waals surface area contributed by atoms with Gasteiger partial charge in [0.2, 0.25) is 0 Å². The van der Waals surface area contributed by atoms with E-state index in [-0.39, 0.29) is 0 Å². The molecule has 0 spiro atoms. The molecule has 0 amide bonds. The van der Waals surface area contributed by atoms with Gasteiger partial charge < -0.3 is 10.5 Å². The summed E-state index contributed by atoms with van der Waals surface area (Å²) in [4.78, 5) is 0. The van der Waals surface area contributed by atoms with E-state index in [2.05, 4.69) is 15.5 Å². The van der Waals surface area contributed by atoms with Crippen LogP contribution in [-0.4, -0.2) is 27.3 Å². The topological polar surface area (TPSA) is 78.8 Å². The van der Waals surface area contributed by atoms with E-state index in [0.717, 1.165) is 5.56 Å². The quantitative estimate of drug-likeness (QED) is 0.752. The minimum atomic E-state index is 0.558. The van der Waals surface area contributed by atoms with Gasteiger partial charge in [0.1, 0.15) is 11.4 Å². The molecule has 0 aliphatic heterocycles. The predicted molar refractivity (Wildman–Crippen MR) is 80.6 cm³/mol. The molecule has 0 fully saturated rings. The van der Waals surface area contributed by atoms with Gasteiger partial charge in [-0.25, -0.2) is 0 Å². The lowest BCUT2D eigenvalue weighted by molar-refractivity contribution is 0.411. The Balaban J connectivity index is 2.18. The molecular weight excluding hydrogens is 290 g/mol. The van der Waals surface area contributed by atoms with Crippen molar-refractivity contribution in [3.8, 4) is 22.8 Å². The predicted octanol–water partition coefficient (Wildman–Crippen LogP) is 2.57. The Morgan fingerprint density at radius 3 is 2.81 bits per heavy atom. The Morgan fingerprint density at radius 1 is 1.19 bits per heavy atom. The van der Waals surface area contributed by atoms with E-state index in [1.54, 1.807) is 42.1 Å². The molecule has 2 N–H and O–H groups in total. The SMILES string of the molecule is COc1ccc(Cl)cc1-n1nnnc1-c1cccc(N)c1. The molecule has 0 saturated carbocycles. The number of nitrogen functional groups attached to an aromatic ring is 1. The van der Waals surface area contributed by atoms with Crippen molar-refractivity contribution in [1.82, 2.24) is 20.2 Å². The maximum atomic E-state index is 6.06. The summed E-state index contributed by atoms with van der Waals surface area (Å²) < 4.78 is 6.91. The lowest BCUT2D eigenvalue weighted by Gasteiger charge is -2.10. The lowest BCUT2D eigenvalue weighted by Crippen LogP contribution is -2.02. The van der Waals surface area contributed by atoms with Gasteiger partial charge in [0.15, 0.2) is 5.82 Å². The summed E-state index contributed by atoms with van der Waals surface area (Å²) in [7, 11) is 1.58. The van der Waals surface area contributed by atoms with Gasteiger partial charge in [0.25, 0.3) is 0 Å². The Hall–Kier alpha value is -2.60. The van der Waals surface area contributed by atoms with Gasteiger partial charge in [-0.1, -0.05) is 23.7 Å². The third-order valence-corrected chi connectivity index (χ3v) is 3.22. The maximum absolute atomic E-state index is 6.06. The molecule has 3 rings (SSSR count). The lowest BCUT2D eigenvalue weighted by atomic mass is 10.2. The van der Waals surface area contributed by atoms with Crippen LogP contribution in [0.4, 0.5) is 5.69 Å². The van der Waals surface area contributed by atoms with E-state index >= 15 is 0 Å². The maximum Gasteiger partial charge on any atom is 0.187 e. The highest BCUT2D eigenvalue weighted by Crippen LogP contribution is 2.29. The molecule has 1 aromatic heterocycles. The highest BCUT2D eigenvalue weighted by atomic mass is 35.5. The molecule has 0 bridgehead atoms. The van der Waals surface area contributed by atoms with Crippen LogP contribution in [0.5, 0.6) is 5.75 Å². The van der Waals surface area contributed by atoms with Crippen LogP contribution in [0.15, 0.2) is 42.5 Å². The van der Waals surface area contributed by atoms with Crippen LogP contribution in [0.2, 0.25) is 5.02 Å². The molecule has 1 heterocycles. The van der Waals surface area contributed by atoms with E-state index < -0.39 is 0 Å². The highest BCUT2D eigenvalue weighted by Gasteiger charge is 2.15. The van der Waals surface area contributed by atoms with Gasteiger partial charge >= 0.3 is 0 Å². The standard InChI is InChI=1S/C14H12ClN5O/c1-21-13-6-5-10(15)8-12(13)20-14(17-18-19-20)9-3-2-4-11(16)7-9/h2-8H,16H2,1H3. The van der Waals surface area contributed by atoms with Crippen molar-refractivity contribution in [2.24, 2.45) is 0 Å². The third kappa shape index (κ3) is 2.53. The van der Waals surface area contributed by atoms with E-state index in [4.69, 9.17) is 22.1 Å². The zero-order valence-electron chi connectivity index (χ0n) is 11.2. The molecule has 0 atom stereocenters. The van der Waals surface area contributed by atoms with Crippen molar-refractivity contribution >= 4 is 17.3 Å². The second kappa shape index (κ2) is 5.41. The minimum Gasteiger partial charge on any atom is -0.494 e. The zero-order valence-corrected chi connectivity index (χ0v) is 11.9. The summed E-state index contributed by atoms with van der Waals surface area (Å²) in [5, 5.41) is 12.4. The molecule has 0 aliphatic rings. The number of anilines is 1. The molecule has 21 heavy (non-hydrogen) atoms. The van der Waals surface area contributed by atoms with Crippen molar-refractivity contribution < 1.29 is 4.74 Å². The summed E-state index contributed by atoms with van der Waals surface area (Å²) in [5.41, 5.74) is 7.92. The Labute approximate surface area is 126 Å². The first-order valence-electron chi connectivity index (χ1n) is 6.17. The van der Waals surface area contributed by atoms with Crippen molar-refractivity contribution in [2.45, 2.75) is 0 Å². The van der Waals surface area contributed by atoms with Gasteiger partial charge in [0, 0.05) is 16.3 Å². The smallest absolute Gasteiger partial charge is 0.187 e. The monoisotopic (exact) mass is 301 g/mol. The number of aromatic nitrogens is 4. The van der Waals surface area contributed by atoms with Crippen LogP contribution < -0.4 is 10.5 Å². The third-order valence-electron chi connectivity index (χ3n) is 2.98. The molecule has 0 radical (unpaired) electrons. The largest absolute Gasteiger partial charge is 0.494 e. The number of tetrazole rings is 1. The van der Waals surface area contributed by atoms with Gasteiger partial charge in [0.05, 0.1) is 7.11 Å². The van der Waals surface area contributed by atoms with Crippen molar-refractivity contribution in [3.05, 3.63) is 47.5 Å². The molecule has 6 nitrogen and oxygen atoms in total. The second-order valence-electron chi connectivity index (χ2n) is 4.36. The fourth-order valence-electron chi connectivity index (χ4n) is 2.04. The Bertz CT molecular complexity index is 787. The van der Waals surface area contributed by atoms with Crippen LogP contribution in [0, 0.1) is 0 Å². The minimum absolute atomic E-state index is 0.558. The number of halogens is 1. The number of hydrogen-bond donors (Lipinski definition) is 1. The zero-order chi connectivity index (χ0) is 14.8. The van der Waals surface area contributed by atoms with E-state index in [1.807, 2.05) is 12.1 Å². The molecule has 0 aliphatic carbocycles. The summed E-state index contributed by atoms with van der Waals surface area (Å²) >= 11 is 6.06. The number of ether oxygens (including phenoxy) is 1. The number of nitrogens with zero attached hydrogens (tertiary/aromatic N) is 4. The van der Waals surface area contributed by atoms with Gasteiger partial charge in [-0.15, -0.1) is 5.10 Å². The van der Waals surface area contributed by atoms with Gasteiger partial charge in [-0.05, 0) is 40.8 Å². The number of nitrogens with two attached hydrogens (primary N) is 1. The fraction of sp³-hybridized carbons (Fsp3) is 0.0714. The molecule has 7 heteroatoms. The number of rotatable bonds is 3. The average molecular weight is 302 g/mol. The first kappa shape index (κ1) is 13.4. The van der Waals surface area contributed by atoms with Gasteiger partial charge in [-0.2, -0.15) is 4.68 Å². The molecule has 0 unspecified atom stereocenters. The number of methoxy groups -OCH3 is 1. The highest BCUT2D eigenvalue weighted by molar-refractivity contribution is 6.30. The van der Waals surface area contributed by atoms with E-state index in [1.165, 1.54) is 0 Å². The number of benzene rings is 2. The summed E-state index contributed by atoms with van der Waals surface area (Å²) in [6.45, 7) is 0. The van der Waals surface area contributed by atoms with Crippen molar-refractivity contribution in [3.63, 3.8) is 0 Å². The Morgan fingerprint density at radius 2 is 2.05 bits per heavy atom. The van der Waals surface area contributed by atoms with Crippen LogP contribution >= 0.6 is 11.6 Å². The summed E-state index contributed by atoms with van der Waals surface area (Å²) in [6, 6.07) is 12.6. The normalized spacial score (nSPS) is 10.6. The number of hydrogen-bond acceptors (Lipinski definition) is 5.